The van der Waals surface area contributed by atoms with E-state index in [-0.39, 0.29) is 17.8 Å². The van der Waals surface area contributed by atoms with Crippen molar-refractivity contribution in [1.82, 2.24) is 5.32 Å². The van der Waals surface area contributed by atoms with Crippen LogP contribution in [0.15, 0.2) is 0 Å². The normalized spacial score (nSPS) is 31.8. The molecule has 11 heavy (non-hydrogen) atoms. The Hall–Kier alpha value is -0.410. The maximum Gasteiger partial charge on any atom is 0.130 e. The Morgan fingerprint density at radius 1 is 1.73 bits per heavy atom. The number of carbonyl (C=O) groups is 1. The SMILES string of the molecule is CC(=O)CC1CCNCC1O. The predicted molar refractivity (Wildman–Crippen MR) is 42.3 cm³/mol. The number of hydrogen-bond donors (Lipinski definition) is 2. The Bertz CT molecular complexity index is 147. The summed E-state index contributed by atoms with van der Waals surface area (Å²) in [6.07, 6.45) is 1.12. The number of rotatable bonds is 2. The Morgan fingerprint density at radius 2 is 2.45 bits per heavy atom. The van der Waals surface area contributed by atoms with Crippen molar-refractivity contribution < 1.29 is 9.90 Å². The van der Waals surface area contributed by atoms with Crippen molar-refractivity contribution in [2.45, 2.75) is 25.9 Å². The fraction of sp³-hybridized carbons (Fsp3) is 0.875. The van der Waals surface area contributed by atoms with Crippen LogP contribution in [-0.2, 0) is 4.79 Å². The maximum atomic E-state index is 10.7. The highest BCUT2D eigenvalue weighted by atomic mass is 16.3. The van der Waals surface area contributed by atoms with Gasteiger partial charge in [0.2, 0.25) is 0 Å². The zero-order valence-corrected chi connectivity index (χ0v) is 6.84. The van der Waals surface area contributed by atoms with Gasteiger partial charge in [0.1, 0.15) is 5.78 Å². The van der Waals surface area contributed by atoms with Crippen LogP contribution < -0.4 is 5.32 Å². The molecule has 1 rings (SSSR count). The Morgan fingerprint density at radius 3 is 3.00 bits per heavy atom. The lowest BCUT2D eigenvalue weighted by Gasteiger charge is -2.27. The number of nitrogens with one attached hydrogen (secondary N) is 1. The third kappa shape index (κ3) is 2.60. The van der Waals surface area contributed by atoms with Crippen molar-refractivity contribution in [3.8, 4) is 0 Å². The highest BCUT2D eigenvalue weighted by molar-refractivity contribution is 5.75. The van der Waals surface area contributed by atoms with Crippen LogP contribution in [0.2, 0.25) is 0 Å². The lowest BCUT2D eigenvalue weighted by atomic mass is 9.90. The quantitative estimate of drug-likeness (QED) is 0.590. The first-order chi connectivity index (χ1) is 5.20. The van der Waals surface area contributed by atoms with E-state index in [0.29, 0.717) is 13.0 Å². The number of ketones is 1. The maximum absolute atomic E-state index is 10.7. The first-order valence-corrected chi connectivity index (χ1v) is 4.08. The molecule has 0 aromatic rings. The molecular weight excluding hydrogens is 142 g/mol. The number of aliphatic hydroxyl groups is 1. The second-order valence-electron chi connectivity index (χ2n) is 3.23. The minimum absolute atomic E-state index is 0.177. The molecule has 0 amide bonds. The van der Waals surface area contributed by atoms with E-state index in [9.17, 15) is 9.90 Å². The molecule has 0 aromatic heterocycles. The second-order valence-corrected chi connectivity index (χ2v) is 3.23. The van der Waals surface area contributed by atoms with Crippen molar-refractivity contribution >= 4 is 5.78 Å². The Labute approximate surface area is 66.8 Å². The molecule has 2 unspecified atom stereocenters. The predicted octanol–water partition coefficient (Wildman–Crippen LogP) is -0.0641. The molecule has 64 valence electrons. The molecule has 1 aliphatic heterocycles. The number of aliphatic hydroxyl groups excluding tert-OH is 1. The highest BCUT2D eigenvalue weighted by Gasteiger charge is 2.23. The summed E-state index contributed by atoms with van der Waals surface area (Å²) in [5, 5.41) is 12.5. The van der Waals surface area contributed by atoms with Gasteiger partial charge in [-0.05, 0) is 25.8 Å². The van der Waals surface area contributed by atoms with E-state index in [4.69, 9.17) is 0 Å². The van der Waals surface area contributed by atoms with Gasteiger partial charge in [-0.2, -0.15) is 0 Å². The first-order valence-electron chi connectivity index (χ1n) is 4.08. The smallest absolute Gasteiger partial charge is 0.130 e. The third-order valence-electron chi connectivity index (χ3n) is 2.14. The molecule has 0 radical (unpaired) electrons. The number of piperidine rings is 1. The van der Waals surface area contributed by atoms with Crippen LogP contribution in [0.4, 0.5) is 0 Å². The monoisotopic (exact) mass is 157 g/mol. The molecule has 1 aliphatic rings. The molecule has 0 aromatic carbocycles. The molecule has 3 heteroatoms. The van der Waals surface area contributed by atoms with Crippen LogP contribution in [0.1, 0.15) is 19.8 Å². The average molecular weight is 157 g/mol. The minimum atomic E-state index is -0.326. The largest absolute Gasteiger partial charge is 0.392 e. The number of Topliss-reactive ketones (excluding diaryl/α,β-unsaturated/α-hetero) is 1. The number of β-amino-alcohol motifs (C(OH)–C–C–N with tert-alkyl or cyclic N) is 1. The summed E-state index contributed by atoms with van der Waals surface area (Å²) in [6, 6.07) is 0. The van der Waals surface area contributed by atoms with Gasteiger partial charge in [-0.3, -0.25) is 0 Å². The molecule has 2 atom stereocenters. The van der Waals surface area contributed by atoms with E-state index in [1.807, 2.05) is 0 Å². The Balaban J connectivity index is 2.35. The molecule has 0 spiro atoms. The van der Waals surface area contributed by atoms with E-state index >= 15 is 0 Å². The van der Waals surface area contributed by atoms with Crippen LogP contribution in [-0.4, -0.2) is 30.1 Å². The summed E-state index contributed by atoms with van der Waals surface area (Å²) >= 11 is 0. The third-order valence-corrected chi connectivity index (χ3v) is 2.14. The van der Waals surface area contributed by atoms with Crippen LogP contribution in [0.25, 0.3) is 0 Å². The fourth-order valence-electron chi connectivity index (χ4n) is 1.50. The molecule has 0 bridgehead atoms. The van der Waals surface area contributed by atoms with Crippen molar-refractivity contribution in [2.24, 2.45) is 5.92 Å². The van der Waals surface area contributed by atoms with Crippen molar-refractivity contribution in [1.29, 1.82) is 0 Å². The first kappa shape index (κ1) is 8.68. The van der Waals surface area contributed by atoms with E-state index in [0.717, 1.165) is 13.0 Å². The number of hydrogen-bond acceptors (Lipinski definition) is 3. The molecular formula is C8H15NO2. The molecule has 3 nitrogen and oxygen atoms in total. The molecule has 0 aliphatic carbocycles. The lowest BCUT2D eigenvalue weighted by Crippen LogP contribution is -2.41. The van der Waals surface area contributed by atoms with Gasteiger partial charge < -0.3 is 15.2 Å². The van der Waals surface area contributed by atoms with E-state index in [1.54, 1.807) is 6.92 Å². The van der Waals surface area contributed by atoms with Crippen LogP contribution in [0, 0.1) is 5.92 Å². The van der Waals surface area contributed by atoms with Crippen molar-refractivity contribution in [3.05, 3.63) is 0 Å². The molecule has 0 saturated carbocycles. The molecule has 1 saturated heterocycles. The minimum Gasteiger partial charge on any atom is -0.392 e. The van der Waals surface area contributed by atoms with Gasteiger partial charge in [0, 0.05) is 13.0 Å². The highest BCUT2D eigenvalue weighted by Crippen LogP contribution is 2.16. The van der Waals surface area contributed by atoms with Crippen molar-refractivity contribution in [2.75, 3.05) is 13.1 Å². The average Bonchev–Trinajstić information content (AvgIpc) is 1.93. The van der Waals surface area contributed by atoms with Gasteiger partial charge >= 0.3 is 0 Å². The topological polar surface area (TPSA) is 49.3 Å². The lowest BCUT2D eigenvalue weighted by molar-refractivity contribution is -0.119. The standard InChI is InChI=1S/C8H15NO2/c1-6(10)4-7-2-3-9-5-8(7)11/h7-9,11H,2-5H2,1H3. The van der Waals surface area contributed by atoms with E-state index in [1.165, 1.54) is 0 Å². The number of carbonyl (C=O) groups excluding carboxylic acids is 1. The zero-order chi connectivity index (χ0) is 8.27. The van der Waals surface area contributed by atoms with Gasteiger partial charge in [0.05, 0.1) is 6.10 Å². The molecule has 2 N–H and O–H groups in total. The van der Waals surface area contributed by atoms with Crippen LogP contribution in [0.3, 0.4) is 0 Å². The summed E-state index contributed by atoms with van der Waals surface area (Å²) in [6.45, 7) is 3.14. The Kier molecular flexibility index (Phi) is 3.02. The summed E-state index contributed by atoms with van der Waals surface area (Å²) in [5.41, 5.74) is 0. The summed E-state index contributed by atoms with van der Waals surface area (Å²) in [4.78, 5) is 10.7. The summed E-state index contributed by atoms with van der Waals surface area (Å²) in [7, 11) is 0. The van der Waals surface area contributed by atoms with Gasteiger partial charge in [0.15, 0.2) is 0 Å². The van der Waals surface area contributed by atoms with E-state index in [2.05, 4.69) is 5.32 Å². The van der Waals surface area contributed by atoms with Gasteiger partial charge in [0.25, 0.3) is 0 Å². The second kappa shape index (κ2) is 3.83. The van der Waals surface area contributed by atoms with Gasteiger partial charge in [-0.1, -0.05) is 0 Å². The molecule has 1 fully saturated rings. The summed E-state index contributed by atoms with van der Waals surface area (Å²) in [5.74, 6) is 0.365. The van der Waals surface area contributed by atoms with Gasteiger partial charge in [-0.15, -0.1) is 0 Å². The summed E-state index contributed by atoms with van der Waals surface area (Å²) < 4.78 is 0. The zero-order valence-electron chi connectivity index (χ0n) is 6.84. The van der Waals surface area contributed by atoms with Gasteiger partial charge in [-0.25, -0.2) is 0 Å². The van der Waals surface area contributed by atoms with E-state index < -0.39 is 0 Å². The van der Waals surface area contributed by atoms with Crippen LogP contribution in [0.5, 0.6) is 0 Å². The van der Waals surface area contributed by atoms with Crippen molar-refractivity contribution in [3.63, 3.8) is 0 Å². The fourth-order valence-corrected chi connectivity index (χ4v) is 1.50. The van der Waals surface area contributed by atoms with Crippen LogP contribution >= 0.6 is 0 Å². The molecule has 1 heterocycles.